The molecule has 100 valence electrons. The van der Waals surface area contributed by atoms with Crippen LogP contribution in [0.1, 0.15) is 32.6 Å². The number of aliphatic carboxylic acids is 1. The molecule has 0 aromatic carbocycles. The summed E-state index contributed by atoms with van der Waals surface area (Å²) in [4.78, 5) is 14.8. The summed E-state index contributed by atoms with van der Waals surface area (Å²) in [7, 11) is 0. The Hall–Kier alpha value is -0.970. The van der Waals surface area contributed by atoms with Crippen LogP contribution in [0.5, 0.6) is 0 Å². The molecule has 1 aromatic rings. The largest absolute Gasteiger partial charge is 0.481 e. The maximum atomic E-state index is 10.6. The minimum atomic E-state index is -0.791. The fraction of sp³-hybridized carbons (Fsp3) is 0.692. The molecule has 1 aromatic heterocycles. The van der Waals surface area contributed by atoms with E-state index in [1.54, 1.807) is 6.20 Å². The number of thioether (sulfide) groups is 1. The van der Waals surface area contributed by atoms with Crippen LogP contribution in [0, 0.1) is 11.8 Å². The number of hydrogen-bond donors (Lipinski definition) is 1. The number of carboxylic acid groups (broad SMARTS) is 1. The van der Waals surface area contributed by atoms with Crippen molar-refractivity contribution in [3.05, 3.63) is 12.4 Å². The number of rotatable bonds is 5. The van der Waals surface area contributed by atoms with E-state index in [4.69, 9.17) is 5.11 Å². The topological polar surface area (TPSA) is 55.1 Å². The lowest BCUT2D eigenvalue weighted by atomic mass is 9.82. The van der Waals surface area contributed by atoms with Crippen molar-refractivity contribution in [2.24, 2.45) is 11.8 Å². The second-order valence-electron chi connectivity index (χ2n) is 5.18. The summed E-state index contributed by atoms with van der Waals surface area (Å²) >= 11 is 1.30. The van der Waals surface area contributed by atoms with Crippen molar-refractivity contribution in [1.29, 1.82) is 0 Å². The Labute approximate surface area is 112 Å². The third-order valence-electron chi connectivity index (χ3n) is 3.50. The highest BCUT2D eigenvalue weighted by Gasteiger charge is 2.20. The lowest BCUT2D eigenvalue weighted by molar-refractivity contribution is -0.133. The van der Waals surface area contributed by atoms with E-state index in [9.17, 15) is 4.79 Å². The van der Waals surface area contributed by atoms with Crippen LogP contribution in [0.2, 0.25) is 0 Å². The average molecular weight is 268 g/mol. The van der Waals surface area contributed by atoms with E-state index < -0.39 is 5.97 Å². The van der Waals surface area contributed by atoms with Gasteiger partial charge in [0.1, 0.15) is 0 Å². The molecule has 1 saturated carbocycles. The number of carbonyl (C=O) groups is 1. The van der Waals surface area contributed by atoms with Crippen LogP contribution in [0.3, 0.4) is 0 Å². The maximum absolute atomic E-state index is 10.6. The lowest BCUT2D eigenvalue weighted by Gasteiger charge is -2.27. The highest BCUT2D eigenvalue weighted by molar-refractivity contribution is 7.99. The van der Waals surface area contributed by atoms with E-state index in [1.807, 2.05) is 6.20 Å². The van der Waals surface area contributed by atoms with Gasteiger partial charge in [0.25, 0.3) is 0 Å². The zero-order valence-corrected chi connectivity index (χ0v) is 11.5. The fourth-order valence-corrected chi connectivity index (χ4v) is 3.39. The number of carboxylic acids is 1. The van der Waals surface area contributed by atoms with E-state index in [-0.39, 0.29) is 5.75 Å². The molecule has 4 nitrogen and oxygen atoms in total. The van der Waals surface area contributed by atoms with Gasteiger partial charge in [-0.05, 0) is 24.7 Å². The molecule has 0 bridgehead atoms. The molecule has 1 aliphatic rings. The molecule has 1 heterocycles. The SMILES string of the molecule is CC1CCCC(Cn2ccnc2SCC(=O)O)C1. The van der Waals surface area contributed by atoms with Crippen molar-refractivity contribution in [3.63, 3.8) is 0 Å². The van der Waals surface area contributed by atoms with Crippen molar-refractivity contribution in [3.8, 4) is 0 Å². The molecule has 2 rings (SSSR count). The van der Waals surface area contributed by atoms with Gasteiger partial charge in [0.2, 0.25) is 0 Å². The van der Waals surface area contributed by atoms with Crippen LogP contribution in [0.15, 0.2) is 17.6 Å². The molecule has 1 aliphatic carbocycles. The van der Waals surface area contributed by atoms with Crippen LogP contribution >= 0.6 is 11.8 Å². The summed E-state index contributed by atoms with van der Waals surface area (Å²) in [6.07, 6.45) is 8.95. The molecule has 1 N–H and O–H groups in total. The Kier molecular flexibility index (Phi) is 4.69. The zero-order valence-electron chi connectivity index (χ0n) is 10.7. The molecular weight excluding hydrogens is 248 g/mol. The summed E-state index contributed by atoms with van der Waals surface area (Å²) in [5, 5.41) is 9.53. The maximum Gasteiger partial charge on any atom is 0.313 e. The average Bonchev–Trinajstić information content (AvgIpc) is 2.74. The van der Waals surface area contributed by atoms with Gasteiger partial charge in [0.15, 0.2) is 5.16 Å². The molecule has 1 fully saturated rings. The zero-order chi connectivity index (χ0) is 13.0. The first-order valence-electron chi connectivity index (χ1n) is 6.51. The Bertz CT molecular complexity index is 405. The summed E-state index contributed by atoms with van der Waals surface area (Å²) in [6, 6.07) is 0. The predicted molar refractivity (Wildman–Crippen MR) is 71.7 cm³/mol. The molecule has 0 amide bonds. The van der Waals surface area contributed by atoms with Gasteiger partial charge < -0.3 is 9.67 Å². The molecule has 2 atom stereocenters. The molecule has 5 heteroatoms. The highest BCUT2D eigenvalue weighted by atomic mass is 32.2. The van der Waals surface area contributed by atoms with Gasteiger partial charge in [0.05, 0.1) is 5.75 Å². The van der Waals surface area contributed by atoms with Gasteiger partial charge in [0, 0.05) is 18.9 Å². The van der Waals surface area contributed by atoms with Gasteiger partial charge in [-0.25, -0.2) is 4.98 Å². The van der Waals surface area contributed by atoms with Crippen molar-refractivity contribution >= 4 is 17.7 Å². The molecule has 2 unspecified atom stereocenters. The van der Waals surface area contributed by atoms with Crippen molar-refractivity contribution < 1.29 is 9.90 Å². The third-order valence-corrected chi connectivity index (χ3v) is 4.49. The summed E-state index contributed by atoms with van der Waals surface area (Å²) in [6.45, 7) is 3.30. The molecule has 18 heavy (non-hydrogen) atoms. The molecule has 0 aliphatic heterocycles. The summed E-state index contributed by atoms with van der Waals surface area (Å²) < 4.78 is 2.11. The summed E-state index contributed by atoms with van der Waals surface area (Å²) in [5.41, 5.74) is 0. The number of hydrogen-bond acceptors (Lipinski definition) is 3. The van der Waals surface area contributed by atoms with Crippen LogP contribution in [0.25, 0.3) is 0 Å². The molecule has 0 saturated heterocycles. The second kappa shape index (κ2) is 6.27. The first-order chi connectivity index (χ1) is 8.65. The Morgan fingerprint density at radius 2 is 2.44 bits per heavy atom. The van der Waals surface area contributed by atoms with E-state index in [0.29, 0.717) is 5.92 Å². The fourth-order valence-electron chi connectivity index (χ4n) is 2.70. The van der Waals surface area contributed by atoms with Gasteiger partial charge in [-0.1, -0.05) is 31.5 Å². The van der Waals surface area contributed by atoms with Crippen molar-refractivity contribution in [1.82, 2.24) is 9.55 Å². The standard InChI is InChI=1S/C13H20N2O2S/c1-10-3-2-4-11(7-10)8-15-6-5-14-13(15)18-9-12(16)17/h5-6,10-11H,2-4,7-9H2,1H3,(H,16,17). The third kappa shape index (κ3) is 3.77. The van der Waals surface area contributed by atoms with Crippen LogP contribution in [-0.4, -0.2) is 26.4 Å². The van der Waals surface area contributed by atoms with Gasteiger partial charge >= 0.3 is 5.97 Å². The minimum absolute atomic E-state index is 0.0814. The minimum Gasteiger partial charge on any atom is -0.481 e. The number of nitrogens with zero attached hydrogens (tertiary/aromatic N) is 2. The number of imidazole rings is 1. The van der Waals surface area contributed by atoms with Crippen molar-refractivity contribution in [2.45, 2.75) is 44.3 Å². The van der Waals surface area contributed by atoms with E-state index in [1.165, 1.54) is 37.4 Å². The first-order valence-corrected chi connectivity index (χ1v) is 7.49. The Morgan fingerprint density at radius 1 is 1.61 bits per heavy atom. The lowest BCUT2D eigenvalue weighted by Crippen LogP contribution is -2.18. The Morgan fingerprint density at radius 3 is 3.17 bits per heavy atom. The van der Waals surface area contributed by atoms with Gasteiger partial charge in [-0.2, -0.15) is 0 Å². The molecule has 0 radical (unpaired) electrons. The monoisotopic (exact) mass is 268 g/mol. The van der Waals surface area contributed by atoms with Crippen molar-refractivity contribution in [2.75, 3.05) is 5.75 Å². The van der Waals surface area contributed by atoms with Gasteiger partial charge in [-0.15, -0.1) is 0 Å². The Balaban J connectivity index is 1.92. The molecular formula is C13H20N2O2S. The smallest absolute Gasteiger partial charge is 0.313 e. The van der Waals surface area contributed by atoms with E-state index in [2.05, 4.69) is 16.5 Å². The quantitative estimate of drug-likeness (QED) is 0.834. The first kappa shape index (κ1) is 13.5. The van der Waals surface area contributed by atoms with E-state index in [0.717, 1.165) is 17.6 Å². The van der Waals surface area contributed by atoms with Gasteiger partial charge in [-0.3, -0.25) is 4.79 Å². The normalized spacial score (nSPS) is 24.1. The molecule has 0 spiro atoms. The van der Waals surface area contributed by atoms with Crippen LogP contribution < -0.4 is 0 Å². The van der Waals surface area contributed by atoms with Crippen LogP contribution in [0.4, 0.5) is 0 Å². The predicted octanol–water partition coefficient (Wildman–Crippen LogP) is 2.89. The highest BCUT2D eigenvalue weighted by Crippen LogP contribution is 2.30. The number of aromatic nitrogens is 2. The summed E-state index contributed by atoms with van der Waals surface area (Å²) in [5.74, 6) is 0.827. The van der Waals surface area contributed by atoms with Crippen LogP contribution in [-0.2, 0) is 11.3 Å². The van der Waals surface area contributed by atoms with E-state index >= 15 is 0 Å². The second-order valence-corrected chi connectivity index (χ2v) is 6.12.